The van der Waals surface area contributed by atoms with Crippen LogP contribution < -0.4 is 21.3 Å². The first-order chi connectivity index (χ1) is 61.9. The predicted octanol–water partition coefficient (Wildman–Crippen LogP) is 18.3. The summed E-state index contributed by atoms with van der Waals surface area (Å²) >= 11 is 0. The highest BCUT2D eigenvalue weighted by Crippen LogP contribution is 2.49. The van der Waals surface area contributed by atoms with Crippen molar-refractivity contribution in [3.63, 3.8) is 0 Å². The zero-order valence-corrected chi connectivity index (χ0v) is 71.7. The Morgan fingerprint density at radius 2 is 0.758 bits per heavy atom. The number of nitrogens with zero attached hydrogens (tertiary/aromatic N) is 5. The van der Waals surface area contributed by atoms with E-state index in [9.17, 15) is 106 Å². The third-order valence-electron chi connectivity index (χ3n) is 25.2. The lowest BCUT2D eigenvalue weighted by atomic mass is 9.87. The van der Waals surface area contributed by atoms with Crippen molar-refractivity contribution in [3.05, 3.63) is 265 Å². The summed E-state index contributed by atoms with van der Waals surface area (Å²) in [5.74, 6) is -36.3. The Kier molecular flexibility index (Phi) is 29.4. The average molecular weight is 1860 g/mol. The van der Waals surface area contributed by atoms with E-state index in [0.717, 1.165) is 70.6 Å². The lowest BCUT2D eigenvalue weighted by Gasteiger charge is -2.42. The second-order valence-electron chi connectivity index (χ2n) is 34.2. The first-order valence-electron chi connectivity index (χ1n) is 42.2. The van der Waals surface area contributed by atoms with Gasteiger partial charge in [0.25, 0.3) is 41.4 Å². The molecule has 6 bridgehead atoms. The summed E-state index contributed by atoms with van der Waals surface area (Å²) in [4.78, 5) is 109. The molecule has 7 N–H and O–H groups in total. The number of Topliss-reactive ketones (excluding diaryl/α,β-unsaturated/α-hetero) is 1. The normalized spacial score (nSPS) is 20.7. The topological polar surface area (TPSA) is 271 Å². The predicted molar refractivity (Wildman–Crippen MR) is 445 cm³/mol. The number of pyridine rings is 1. The minimum Gasteiger partial charge on any atom is -0.393 e. The number of rotatable bonds is 19. The number of carbonyl (C=O) groups is 8. The molecule has 1 aromatic heterocycles. The van der Waals surface area contributed by atoms with E-state index in [0.29, 0.717) is 106 Å². The van der Waals surface area contributed by atoms with E-state index >= 15 is 26.3 Å². The highest BCUT2D eigenvalue weighted by molar-refractivity contribution is 6.07. The lowest BCUT2D eigenvalue weighted by molar-refractivity contribution is -0.166. The van der Waals surface area contributed by atoms with Gasteiger partial charge in [-0.1, -0.05) is 19.6 Å². The van der Waals surface area contributed by atoms with E-state index in [4.69, 9.17) is 0 Å². The molecule has 7 aromatic carbocycles. The van der Waals surface area contributed by atoms with Crippen LogP contribution in [-0.2, 0) is 42.9 Å². The number of allylic oxidation sites excluding steroid dienone is 1. The van der Waals surface area contributed by atoms with Crippen molar-refractivity contribution >= 4 is 69.9 Å². The molecular weight excluding hydrogens is 1770 g/mol. The second-order valence-corrected chi connectivity index (χ2v) is 34.2. The highest BCUT2D eigenvalue weighted by Gasteiger charge is 2.56. The Hall–Kier alpha value is -12.2. The molecule has 15 rings (SSSR count). The molecule has 9 atom stereocenters. The number of ketones is 1. The quantitative estimate of drug-likeness (QED) is 0.0294. The number of piperidine rings is 4. The summed E-state index contributed by atoms with van der Waals surface area (Å²) in [5.41, 5.74) is -6.45. The molecule has 704 valence electrons. The molecule has 7 amide bonds. The van der Waals surface area contributed by atoms with Gasteiger partial charge in [-0.25, -0.2) is 43.9 Å². The monoisotopic (exact) mass is 1860 g/mol. The maximum atomic E-state index is 15.4. The van der Waals surface area contributed by atoms with Crippen molar-refractivity contribution in [2.45, 2.75) is 216 Å². The zero-order chi connectivity index (χ0) is 96.6. The van der Waals surface area contributed by atoms with E-state index in [1.54, 1.807) is 6.92 Å². The molecule has 7 aliphatic rings. The lowest BCUT2D eigenvalue weighted by Crippen LogP contribution is -2.53. The van der Waals surface area contributed by atoms with Crippen LogP contribution in [0.4, 0.5) is 102 Å². The molecule has 0 aliphatic carbocycles. The number of anilines is 4. The third-order valence-corrected chi connectivity index (χ3v) is 25.2. The number of nitrogens with one attached hydrogen (secondary N) is 4. The molecule has 20 nitrogen and oxygen atoms in total. The summed E-state index contributed by atoms with van der Waals surface area (Å²) in [7, 11) is 0. The molecule has 6 unspecified atom stereocenters. The number of aryl methyl sites for hydroxylation is 4. The number of carbonyl (C=O) groups excluding carboxylic acids is 8. The molecule has 0 radical (unpaired) electrons. The maximum absolute atomic E-state index is 15.4. The van der Waals surface area contributed by atoms with Gasteiger partial charge < -0.3 is 56.2 Å². The minimum atomic E-state index is -4.26. The van der Waals surface area contributed by atoms with E-state index in [1.807, 2.05) is 0 Å². The molecule has 8 aromatic rings. The third kappa shape index (κ3) is 21.1. The fourth-order valence-electron chi connectivity index (χ4n) is 18.0. The molecule has 7 saturated heterocycles. The van der Waals surface area contributed by atoms with Crippen LogP contribution in [0, 0.1) is 91.8 Å². The molecular formula is C94H91F18N9O11. The summed E-state index contributed by atoms with van der Waals surface area (Å²) in [6.07, 6.45) is 5.95. The molecule has 8 heterocycles. The highest BCUT2D eigenvalue weighted by atomic mass is 19.3. The molecule has 7 aliphatic heterocycles. The number of alkyl halides is 8. The Bertz CT molecular complexity index is 5550. The van der Waals surface area contributed by atoms with E-state index in [-0.39, 0.29) is 107 Å². The van der Waals surface area contributed by atoms with Gasteiger partial charge in [0.15, 0.2) is 40.7 Å². The summed E-state index contributed by atoms with van der Waals surface area (Å²) < 4.78 is 258. The van der Waals surface area contributed by atoms with Gasteiger partial charge in [-0.15, -0.1) is 0 Å². The van der Waals surface area contributed by atoms with Crippen LogP contribution in [-0.4, -0.2) is 154 Å². The molecule has 38 heteroatoms. The standard InChI is InChI=1S/C24H23F5N2O2.C24H24F3N3O3.C23H21F5N2O3.C23H23F5N2O3/c1-12-7-15(9-21(26)22(12)27)30-23(33)14-3-6-20(25)19(8-14)24(28,29)13(2)31-16-4-5-17(31)11-18(32)10-16;1-13-9-17(3-6-20(13)25)29-22(32)15-7-8-28-21(12-15)24(26,27)23(33)30-18-4-5-19(30)11-16(10-18)14(2)31;1-11-2-3-12(21(32)29-13-7-18(24)20(26)19(25)8-13)6-17(11)23(27,28)22(33)30-14-4-5-15(30)10-16(31)9-14;1-3-22(33)6-8-30(9-7-22)21(32)23(27,28)16-11-14(4-5-17(16)24)20(31)29-15-10-13(2)19(26)18(25)12-15/h3,6-9,16-18,32H,2,4-5,10-11H2,1H3,(H,30,33);3,6-9,12,16,18-19H,4-5,10-11H2,1-2H3,(H,29,32);2-3,6-8,14-16,31H,4-5,9-10H2,1H3,(H,29,32);4-5,10-12,33H,3,6-9H2,1-2H3,(H,29,31)/t16-,17?,18?;16?,18-,19?;14-,15?,16?;/m111./s1. The van der Waals surface area contributed by atoms with E-state index < -0.39 is 205 Å². The largest absolute Gasteiger partial charge is 0.393 e. The van der Waals surface area contributed by atoms with Crippen molar-refractivity contribution in [1.29, 1.82) is 0 Å². The van der Waals surface area contributed by atoms with Crippen LogP contribution in [0.2, 0.25) is 0 Å². The van der Waals surface area contributed by atoms with Crippen LogP contribution >= 0.6 is 0 Å². The minimum absolute atomic E-state index is 0.0162. The SMILES string of the molecule is C=C(N1C2CC[C@@H]1CC(O)C2)C(F)(F)c1cc(C(=O)Nc2cc(C)c(F)c(F)c2)ccc1F.CC(=O)C1CC2CC[C@H](C1)N2C(=O)C(F)(F)c1cc(C(=O)Nc2ccc(F)c(C)c2)ccn1.CCC1(O)CCN(C(=O)C(F)(F)c2cc(C(=O)Nc3cc(C)c(F)c(F)c3)ccc2F)CC1.Cc1ccc(C(=O)Nc2cc(F)c(F)c(F)c2)cc1C(F)(F)C(=O)N1C2CC[C@@H]1CC(O)C2. The van der Waals surface area contributed by atoms with E-state index in [1.165, 1.54) is 86.9 Å². The van der Waals surface area contributed by atoms with Crippen LogP contribution in [0.5, 0.6) is 0 Å². The van der Waals surface area contributed by atoms with Crippen LogP contribution in [0.15, 0.2) is 140 Å². The van der Waals surface area contributed by atoms with Gasteiger partial charge >= 0.3 is 23.7 Å². The number of aromatic nitrogens is 1. The fourth-order valence-corrected chi connectivity index (χ4v) is 18.0. The van der Waals surface area contributed by atoms with Crippen molar-refractivity contribution in [1.82, 2.24) is 24.6 Å². The smallest absolute Gasteiger partial charge is 0.366 e. The number of benzene rings is 7. The Labute approximate surface area is 744 Å². The van der Waals surface area contributed by atoms with Crippen molar-refractivity contribution in [2.75, 3.05) is 34.4 Å². The molecule has 132 heavy (non-hydrogen) atoms. The van der Waals surface area contributed by atoms with Crippen molar-refractivity contribution in [3.8, 4) is 0 Å². The van der Waals surface area contributed by atoms with Gasteiger partial charge in [0.2, 0.25) is 0 Å². The Morgan fingerprint density at radius 3 is 1.18 bits per heavy atom. The first kappa shape index (κ1) is 98.8. The maximum Gasteiger partial charge on any atom is 0.366 e. The van der Waals surface area contributed by atoms with Crippen molar-refractivity contribution in [2.24, 2.45) is 5.92 Å². The Morgan fingerprint density at radius 1 is 0.402 bits per heavy atom. The number of hydrogen-bond acceptors (Lipinski definition) is 13. The molecule has 0 spiro atoms. The first-order valence-corrected chi connectivity index (χ1v) is 42.2. The van der Waals surface area contributed by atoms with Gasteiger partial charge in [0, 0.05) is 136 Å². The van der Waals surface area contributed by atoms with Crippen LogP contribution in [0.25, 0.3) is 0 Å². The van der Waals surface area contributed by atoms with Crippen molar-refractivity contribution < 1.29 is 133 Å². The van der Waals surface area contributed by atoms with Gasteiger partial charge in [-0.05, 0) is 244 Å². The summed E-state index contributed by atoms with van der Waals surface area (Å²) in [5, 5.41) is 39.3. The van der Waals surface area contributed by atoms with Gasteiger partial charge in [-0.3, -0.25) is 43.3 Å². The van der Waals surface area contributed by atoms with Gasteiger partial charge in [0.05, 0.1) is 34.6 Å². The Balaban J connectivity index is 0.000000159. The van der Waals surface area contributed by atoms with Gasteiger partial charge in [0.1, 0.15) is 28.9 Å². The number of aliphatic hydroxyl groups is 3. The number of aliphatic hydroxyl groups excluding tert-OH is 2. The number of fused-ring (bicyclic) bond motifs is 6. The van der Waals surface area contributed by atoms with Crippen LogP contribution in [0.3, 0.4) is 0 Å². The molecule has 7 fully saturated rings. The molecule has 0 saturated carbocycles. The van der Waals surface area contributed by atoms with Gasteiger partial charge in [-0.2, -0.15) is 35.1 Å². The number of halogens is 18. The summed E-state index contributed by atoms with van der Waals surface area (Å²) in [6, 6.07) is 16.7. The van der Waals surface area contributed by atoms with E-state index in [2.05, 4.69) is 32.8 Å². The second kappa shape index (κ2) is 39.3. The number of amides is 7. The zero-order valence-electron chi connectivity index (χ0n) is 71.7. The summed E-state index contributed by atoms with van der Waals surface area (Å²) in [6.45, 7) is 12.1. The average Bonchev–Trinajstić information content (AvgIpc) is 1.24. The number of hydrogen-bond donors (Lipinski definition) is 7. The fraction of sp³-hybridized carbons (Fsp3) is 0.394. The number of likely N-dealkylation sites (tertiary alicyclic amines) is 1. The van der Waals surface area contributed by atoms with Crippen LogP contribution in [0.1, 0.15) is 196 Å².